The van der Waals surface area contributed by atoms with Crippen molar-refractivity contribution in [3.05, 3.63) is 36.2 Å². The Hall–Kier alpha value is -1.85. The average Bonchev–Trinajstić information content (AvgIpc) is 2.61. The van der Waals surface area contributed by atoms with Gasteiger partial charge in [0.2, 0.25) is 0 Å². The molecule has 0 N–H and O–H groups in total. The molecule has 0 atom stereocenters. The third-order valence-electron chi connectivity index (χ3n) is 2.04. The first-order valence-electron chi connectivity index (χ1n) is 4.51. The van der Waals surface area contributed by atoms with Crippen LogP contribution in [0.5, 0.6) is 0 Å². The smallest absolute Gasteiger partial charge is 0.275 e. The van der Waals surface area contributed by atoms with Crippen molar-refractivity contribution in [3.63, 3.8) is 0 Å². The minimum Gasteiger partial charge on any atom is -0.275 e. The lowest BCUT2D eigenvalue weighted by Gasteiger charge is -2.05. The van der Waals surface area contributed by atoms with Crippen LogP contribution < -0.4 is 0 Å². The van der Waals surface area contributed by atoms with Crippen LogP contribution >= 0.6 is 0 Å². The first-order chi connectivity index (χ1) is 7.48. The van der Waals surface area contributed by atoms with Crippen LogP contribution in [0, 0.1) is 0 Å². The molecule has 0 aliphatic carbocycles. The number of rotatable bonds is 1. The monoisotopic (exact) mass is 227 g/mol. The third-order valence-corrected chi connectivity index (χ3v) is 2.04. The summed E-state index contributed by atoms with van der Waals surface area (Å²) < 4.78 is 39.1. The quantitative estimate of drug-likeness (QED) is 0.749. The highest BCUT2D eigenvalue weighted by molar-refractivity contribution is 5.58. The topological polar surface area (TPSA) is 30.7 Å². The molecule has 84 valence electrons. The summed E-state index contributed by atoms with van der Waals surface area (Å²) in [5, 5.41) is 3.78. The Morgan fingerprint density at radius 1 is 1.25 bits per heavy atom. The van der Waals surface area contributed by atoms with E-state index in [4.69, 9.17) is 0 Å². The summed E-state index contributed by atoms with van der Waals surface area (Å²) in [6.07, 6.45) is -2.03. The molecule has 16 heavy (non-hydrogen) atoms. The van der Waals surface area contributed by atoms with E-state index in [0.29, 0.717) is 0 Å². The fourth-order valence-electron chi connectivity index (χ4n) is 1.39. The first kappa shape index (κ1) is 10.7. The summed E-state index contributed by atoms with van der Waals surface area (Å²) in [7, 11) is 1.45. The van der Waals surface area contributed by atoms with Crippen LogP contribution in [0.15, 0.2) is 30.6 Å². The molecule has 0 radical (unpaired) electrons. The van der Waals surface area contributed by atoms with Gasteiger partial charge in [0, 0.05) is 19.4 Å². The minimum absolute atomic E-state index is 0.143. The van der Waals surface area contributed by atoms with E-state index in [1.165, 1.54) is 19.3 Å². The van der Waals surface area contributed by atoms with Crippen molar-refractivity contribution < 1.29 is 13.2 Å². The SMILES string of the molecule is Cn1cc(C(F)(F)F)c(-c2ccccn2)n1. The van der Waals surface area contributed by atoms with Crippen molar-refractivity contribution in [2.24, 2.45) is 7.05 Å². The molecule has 0 amide bonds. The van der Waals surface area contributed by atoms with E-state index in [2.05, 4.69) is 10.1 Å². The molecule has 0 spiro atoms. The lowest BCUT2D eigenvalue weighted by Crippen LogP contribution is -2.05. The molecule has 0 fully saturated rings. The van der Waals surface area contributed by atoms with Crippen molar-refractivity contribution in [2.75, 3.05) is 0 Å². The summed E-state index contributed by atoms with van der Waals surface area (Å²) in [5.41, 5.74) is -0.695. The standard InChI is InChI=1S/C10H8F3N3/c1-16-6-7(10(11,12)13)9(15-16)8-4-2-3-5-14-8/h2-6H,1H3. The molecular weight excluding hydrogens is 219 g/mol. The van der Waals surface area contributed by atoms with Gasteiger partial charge in [0.15, 0.2) is 0 Å². The van der Waals surface area contributed by atoms with E-state index in [1.54, 1.807) is 12.1 Å². The van der Waals surface area contributed by atoms with Crippen molar-refractivity contribution in [2.45, 2.75) is 6.18 Å². The zero-order valence-electron chi connectivity index (χ0n) is 8.36. The predicted octanol–water partition coefficient (Wildman–Crippen LogP) is 2.50. The zero-order chi connectivity index (χ0) is 11.8. The van der Waals surface area contributed by atoms with Crippen LogP contribution in [-0.2, 0) is 13.2 Å². The fraction of sp³-hybridized carbons (Fsp3) is 0.200. The second-order valence-corrected chi connectivity index (χ2v) is 3.28. The highest BCUT2D eigenvalue weighted by atomic mass is 19.4. The molecule has 0 saturated heterocycles. The van der Waals surface area contributed by atoms with Gasteiger partial charge in [-0.3, -0.25) is 9.67 Å². The van der Waals surface area contributed by atoms with Crippen molar-refractivity contribution >= 4 is 0 Å². The highest BCUT2D eigenvalue weighted by Gasteiger charge is 2.36. The molecule has 0 bridgehead atoms. The Labute approximate surface area is 89.5 Å². The van der Waals surface area contributed by atoms with Crippen LogP contribution in [-0.4, -0.2) is 14.8 Å². The molecule has 0 aliphatic rings. The summed E-state index contributed by atoms with van der Waals surface area (Å²) in [6.45, 7) is 0. The normalized spacial score (nSPS) is 11.8. The lowest BCUT2D eigenvalue weighted by molar-refractivity contribution is -0.137. The number of hydrogen-bond acceptors (Lipinski definition) is 2. The van der Waals surface area contributed by atoms with Crippen molar-refractivity contribution in [3.8, 4) is 11.4 Å². The molecule has 0 aromatic carbocycles. The van der Waals surface area contributed by atoms with Gasteiger partial charge in [-0.25, -0.2) is 0 Å². The summed E-state index contributed by atoms with van der Waals surface area (Å²) in [6, 6.07) is 4.76. The number of aryl methyl sites for hydroxylation is 1. The Kier molecular flexibility index (Phi) is 2.41. The summed E-state index contributed by atoms with van der Waals surface area (Å²) >= 11 is 0. The number of alkyl halides is 3. The van der Waals surface area contributed by atoms with E-state index in [9.17, 15) is 13.2 Å². The van der Waals surface area contributed by atoms with Crippen LogP contribution in [0.4, 0.5) is 13.2 Å². The molecule has 2 aromatic rings. The molecule has 0 unspecified atom stereocenters. The second kappa shape index (κ2) is 3.62. The second-order valence-electron chi connectivity index (χ2n) is 3.28. The van der Waals surface area contributed by atoms with Gasteiger partial charge in [0.1, 0.15) is 11.3 Å². The molecular formula is C10H8F3N3. The van der Waals surface area contributed by atoms with Gasteiger partial charge in [0.05, 0.1) is 5.69 Å². The predicted molar refractivity (Wildman–Crippen MR) is 51.4 cm³/mol. The van der Waals surface area contributed by atoms with Crippen molar-refractivity contribution in [1.82, 2.24) is 14.8 Å². The number of nitrogens with zero attached hydrogens (tertiary/aromatic N) is 3. The first-order valence-corrected chi connectivity index (χ1v) is 4.51. The number of halogens is 3. The van der Waals surface area contributed by atoms with Crippen LogP contribution in [0.25, 0.3) is 11.4 Å². The summed E-state index contributed by atoms with van der Waals surface area (Å²) in [5.74, 6) is 0. The van der Waals surface area contributed by atoms with E-state index in [1.807, 2.05) is 0 Å². The van der Waals surface area contributed by atoms with Gasteiger partial charge >= 0.3 is 6.18 Å². The average molecular weight is 227 g/mol. The van der Waals surface area contributed by atoms with E-state index < -0.39 is 11.7 Å². The van der Waals surface area contributed by atoms with E-state index >= 15 is 0 Å². The molecule has 0 aliphatic heterocycles. The van der Waals surface area contributed by atoms with Gasteiger partial charge in [-0.2, -0.15) is 18.3 Å². The van der Waals surface area contributed by atoms with E-state index in [0.717, 1.165) is 10.9 Å². The van der Waals surface area contributed by atoms with Crippen molar-refractivity contribution in [1.29, 1.82) is 0 Å². The maximum absolute atomic E-state index is 12.7. The molecule has 6 heteroatoms. The van der Waals surface area contributed by atoms with Crippen LogP contribution in [0.1, 0.15) is 5.56 Å². The Bertz CT molecular complexity index is 488. The number of hydrogen-bond donors (Lipinski definition) is 0. The molecule has 0 saturated carbocycles. The van der Waals surface area contributed by atoms with Gasteiger partial charge in [0.25, 0.3) is 0 Å². The lowest BCUT2D eigenvalue weighted by atomic mass is 10.2. The van der Waals surface area contributed by atoms with Crippen LogP contribution in [0.2, 0.25) is 0 Å². The molecule has 2 aromatic heterocycles. The van der Waals surface area contributed by atoms with Gasteiger partial charge < -0.3 is 0 Å². The Morgan fingerprint density at radius 2 is 2.00 bits per heavy atom. The zero-order valence-corrected chi connectivity index (χ0v) is 8.36. The maximum atomic E-state index is 12.7. The van der Waals surface area contributed by atoms with Gasteiger partial charge in [-0.05, 0) is 12.1 Å². The minimum atomic E-state index is -4.42. The largest absolute Gasteiger partial charge is 0.420 e. The Balaban J connectivity index is 2.58. The fourth-order valence-corrected chi connectivity index (χ4v) is 1.39. The molecule has 3 nitrogen and oxygen atoms in total. The van der Waals surface area contributed by atoms with Gasteiger partial charge in [-0.1, -0.05) is 6.07 Å². The Morgan fingerprint density at radius 3 is 2.56 bits per heavy atom. The van der Waals surface area contributed by atoms with E-state index in [-0.39, 0.29) is 11.4 Å². The number of aromatic nitrogens is 3. The molecule has 2 heterocycles. The highest BCUT2D eigenvalue weighted by Crippen LogP contribution is 2.35. The van der Waals surface area contributed by atoms with Gasteiger partial charge in [-0.15, -0.1) is 0 Å². The number of pyridine rings is 1. The third kappa shape index (κ3) is 1.91. The molecule has 2 rings (SSSR count). The maximum Gasteiger partial charge on any atom is 0.420 e. The van der Waals surface area contributed by atoms with Crippen LogP contribution in [0.3, 0.4) is 0 Å². The summed E-state index contributed by atoms with van der Waals surface area (Å²) in [4.78, 5) is 3.86.